The highest BCUT2D eigenvalue weighted by Gasteiger charge is 2.10. The molecule has 0 fully saturated rings. The third kappa shape index (κ3) is 3.03. The van der Waals surface area contributed by atoms with Gasteiger partial charge in [0.2, 0.25) is 5.95 Å². The van der Waals surface area contributed by atoms with Gasteiger partial charge in [0.05, 0.1) is 6.04 Å². The maximum absolute atomic E-state index is 6.12. The first-order valence-corrected chi connectivity index (χ1v) is 6.13. The quantitative estimate of drug-likeness (QED) is 0.846. The zero-order chi connectivity index (χ0) is 13.1. The van der Waals surface area contributed by atoms with Gasteiger partial charge in [-0.3, -0.25) is 0 Å². The van der Waals surface area contributed by atoms with Crippen molar-refractivity contribution in [2.75, 3.05) is 11.1 Å². The summed E-state index contributed by atoms with van der Waals surface area (Å²) in [6, 6.07) is 9.22. The highest BCUT2D eigenvalue weighted by atomic mass is 35.5. The minimum absolute atomic E-state index is 0.0101. The minimum Gasteiger partial charge on any atom is -0.368 e. The molecule has 0 saturated carbocycles. The van der Waals surface area contributed by atoms with Crippen LogP contribution in [0.15, 0.2) is 30.3 Å². The maximum Gasteiger partial charge on any atom is 0.223 e. The number of nitrogen functional groups attached to an aromatic ring is 1. The Morgan fingerprint density at radius 2 is 1.94 bits per heavy atom. The van der Waals surface area contributed by atoms with E-state index in [0.717, 1.165) is 5.56 Å². The van der Waals surface area contributed by atoms with E-state index in [1.54, 1.807) is 6.07 Å². The van der Waals surface area contributed by atoms with Crippen LogP contribution < -0.4 is 11.1 Å². The molecule has 2 rings (SSSR count). The number of hydrogen-bond acceptors (Lipinski definition) is 4. The summed E-state index contributed by atoms with van der Waals surface area (Å²) in [7, 11) is 0. The highest BCUT2D eigenvalue weighted by Crippen LogP contribution is 2.25. The van der Waals surface area contributed by atoms with Crippen molar-refractivity contribution in [2.45, 2.75) is 13.0 Å². The number of anilines is 2. The van der Waals surface area contributed by atoms with E-state index in [0.29, 0.717) is 16.0 Å². The normalized spacial score (nSPS) is 12.2. The molecule has 2 aromatic rings. The van der Waals surface area contributed by atoms with Crippen molar-refractivity contribution in [3.05, 3.63) is 46.1 Å². The predicted octanol–water partition coefficient (Wildman–Crippen LogP) is 3.54. The zero-order valence-electron chi connectivity index (χ0n) is 9.69. The topological polar surface area (TPSA) is 63.8 Å². The number of benzene rings is 1. The second-order valence-corrected chi connectivity index (χ2v) is 4.62. The fourth-order valence-corrected chi connectivity index (χ4v) is 2.12. The lowest BCUT2D eigenvalue weighted by Crippen LogP contribution is -2.09. The summed E-state index contributed by atoms with van der Waals surface area (Å²) in [5, 5.41) is 4.18. The Morgan fingerprint density at radius 3 is 2.61 bits per heavy atom. The molecule has 94 valence electrons. The summed E-state index contributed by atoms with van der Waals surface area (Å²) in [5.74, 6) is 0.705. The number of aromatic nitrogens is 2. The Balaban J connectivity index is 2.21. The van der Waals surface area contributed by atoms with Crippen LogP contribution in [-0.2, 0) is 0 Å². The van der Waals surface area contributed by atoms with Crippen molar-refractivity contribution in [3.8, 4) is 0 Å². The molecule has 0 bridgehead atoms. The van der Waals surface area contributed by atoms with Crippen LogP contribution in [0.4, 0.5) is 11.8 Å². The Labute approximate surface area is 115 Å². The largest absolute Gasteiger partial charge is 0.368 e. The molecule has 3 N–H and O–H groups in total. The standard InChI is InChI=1S/C12H12Cl2N4/c1-7(8-4-2-3-5-9(8)13)16-11-6-10(14)17-12(15)18-11/h2-7H,1H3,(H3,15,16,17,18)/t7-/m1/s1. The molecule has 0 aliphatic rings. The number of nitrogens with zero attached hydrogens (tertiary/aromatic N) is 2. The van der Waals surface area contributed by atoms with E-state index < -0.39 is 0 Å². The Bertz CT molecular complexity index is 539. The van der Waals surface area contributed by atoms with E-state index in [-0.39, 0.29) is 12.0 Å². The van der Waals surface area contributed by atoms with Gasteiger partial charge in [-0.1, -0.05) is 41.4 Å². The summed E-state index contributed by atoms with van der Waals surface area (Å²) >= 11 is 11.9. The lowest BCUT2D eigenvalue weighted by molar-refractivity contribution is 0.873. The molecule has 0 aliphatic carbocycles. The van der Waals surface area contributed by atoms with Crippen molar-refractivity contribution < 1.29 is 0 Å². The molecule has 1 aromatic carbocycles. The van der Waals surface area contributed by atoms with Gasteiger partial charge in [-0.25, -0.2) is 4.98 Å². The number of rotatable bonds is 3. The summed E-state index contributed by atoms with van der Waals surface area (Å²) in [6.45, 7) is 1.98. The molecule has 18 heavy (non-hydrogen) atoms. The van der Waals surface area contributed by atoms with Gasteiger partial charge in [-0.2, -0.15) is 4.98 Å². The van der Waals surface area contributed by atoms with Gasteiger partial charge in [0.25, 0.3) is 0 Å². The van der Waals surface area contributed by atoms with Crippen LogP contribution in [0.5, 0.6) is 0 Å². The second-order valence-electron chi connectivity index (χ2n) is 3.82. The summed E-state index contributed by atoms with van der Waals surface area (Å²) < 4.78 is 0. The third-order valence-electron chi connectivity index (χ3n) is 2.45. The number of halogens is 2. The highest BCUT2D eigenvalue weighted by molar-refractivity contribution is 6.31. The van der Waals surface area contributed by atoms with E-state index >= 15 is 0 Å². The molecule has 0 spiro atoms. The van der Waals surface area contributed by atoms with Crippen molar-refractivity contribution >= 4 is 35.0 Å². The van der Waals surface area contributed by atoms with Crippen LogP contribution in [-0.4, -0.2) is 9.97 Å². The first kappa shape index (κ1) is 12.9. The first-order valence-electron chi connectivity index (χ1n) is 5.37. The average molecular weight is 283 g/mol. The average Bonchev–Trinajstić information content (AvgIpc) is 2.27. The molecule has 0 aliphatic heterocycles. The molecule has 4 nitrogen and oxygen atoms in total. The van der Waals surface area contributed by atoms with Crippen molar-refractivity contribution in [2.24, 2.45) is 0 Å². The van der Waals surface area contributed by atoms with E-state index in [1.165, 1.54) is 0 Å². The van der Waals surface area contributed by atoms with E-state index in [4.69, 9.17) is 28.9 Å². The lowest BCUT2D eigenvalue weighted by atomic mass is 10.1. The van der Waals surface area contributed by atoms with Crippen molar-refractivity contribution in [1.29, 1.82) is 0 Å². The number of hydrogen-bond donors (Lipinski definition) is 2. The fraction of sp³-hybridized carbons (Fsp3) is 0.167. The van der Waals surface area contributed by atoms with Crippen molar-refractivity contribution in [1.82, 2.24) is 9.97 Å². The Morgan fingerprint density at radius 1 is 1.22 bits per heavy atom. The van der Waals surface area contributed by atoms with Crippen LogP contribution >= 0.6 is 23.2 Å². The second kappa shape index (κ2) is 5.42. The molecular formula is C12H12Cl2N4. The van der Waals surface area contributed by atoms with Gasteiger partial charge < -0.3 is 11.1 Å². The summed E-state index contributed by atoms with van der Waals surface area (Å²) in [4.78, 5) is 7.86. The molecule has 6 heteroatoms. The molecule has 1 heterocycles. The Kier molecular flexibility index (Phi) is 3.89. The van der Waals surface area contributed by atoms with Crippen LogP contribution in [0.1, 0.15) is 18.5 Å². The maximum atomic E-state index is 6.12. The summed E-state index contributed by atoms with van der Waals surface area (Å²) in [6.07, 6.45) is 0. The molecular weight excluding hydrogens is 271 g/mol. The van der Waals surface area contributed by atoms with Crippen LogP contribution in [0.25, 0.3) is 0 Å². The van der Waals surface area contributed by atoms with Gasteiger partial charge in [-0.15, -0.1) is 0 Å². The van der Waals surface area contributed by atoms with Gasteiger partial charge >= 0.3 is 0 Å². The van der Waals surface area contributed by atoms with Crippen LogP contribution in [0, 0.1) is 0 Å². The first-order chi connectivity index (χ1) is 8.56. The number of nitrogens with two attached hydrogens (primary N) is 1. The van der Waals surface area contributed by atoms with Crippen molar-refractivity contribution in [3.63, 3.8) is 0 Å². The fourth-order valence-electron chi connectivity index (χ4n) is 1.63. The SMILES string of the molecule is C[C@@H](Nc1cc(Cl)nc(N)n1)c1ccccc1Cl. The molecule has 0 unspecified atom stereocenters. The van der Waals surface area contributed by atoms with Gasteiger partial charge in [-0.05, 0) is 18.6 Å². The molecule has 0 saturated heterocycles. The van der Waals surface area contributed by atoms with Crippen LogP contribution in [0.3, 0.4) is 0 Å². The van der Waals surface area contributed by atoms with E-state index in [2.05, 4.69) is 15.3 Å². The number of nitrogens with one attached hydrogen (secondary N) is 1. The van der Waals surface area contributed by atoms with Gasteiger partial charge in [0.1, 0.15) is 11.0 Å². The predicted molar refractivity (Wildman–Crippen MR) is 74.9 cm³/mol. The minimum atomic E-state index is -0.0101. The summed E-state index contributed by atoms with van der Waals surface area (Å²) in [5.41, 5.74) is 6.51. The van der Waals surface area contributed by atoms with Crippen LogP contribution in [0.2, 0.25) is 10.2 Å². The zero-order valence-corrected chi connectivity index (χ0v) is 11.2. The Hall–Kier alpha value is -1.52. The monoisotopic (exact) mass is 282 g/mol. The molecule has 0 amide bonds. The van der Waals surface area contributed by atoms with E-state index in [9.17, 15) is 0 Å². The third-order valence-corrected chi connectivity index (χ3v) is 2.99. The molecule has 1 aromatic heterocycles. The van der Waals surface area contributed by atoms with Gasteiger partial charge in [0, 0.05) is 11.1 Å². The van der Waals surface area contributed by atoms with E-state index in [1.807, 2.05) is 31.2 Å². The lowest BCUT2D eigenvalue weighted by Gasteiger charge is -2.16. The molecule has 1 atom stereocenters. The smallest absolute Gasteiger partial charge is 0.223 e. The molecule has 0 radical (unpaired) electrons. The van der Waals surface area contributed by atoms with Gasteiger partial charge in [0.15, 0.2) is 0 Å².